The Morgan fingerprint density at radius 1 is 1.09 bits per heavy atom. The zero-order valence-corrected chi connectivity index (χ0v) is 12.1. The van der Waals surface area contributed by atoms with Crippen LogP contribution in [0.25, 0.3) is 0 Å². The topological polar surface area (TPSA) is 49.4 Å². The summed E-state index contributed by atoms with van der Waals surface area (Å²) in [6.45, 7) is 0.646. The van der Waals surface area contributed by atoms with Gasteiger partial charge in [-0.05, 0) is 29.7 Å². The lowest BCUT2D eigenvalue weighted by Gasteiger charge is -2.34. The molecular weight excluding hydrogens is 276 g/mol. The molecule has 0 radical (unpaired) electrons. The lowest BCUT2D eigenvalue weighted by Crippen LogP contribution is -2.41. The molecule has 1 atom stereocenters. The predicted molar refractivity (Wildman–Crippen MR) is 84.0 cm³/mol. The van der Waals surface area contributed by atoms with Gasteiger partial charge in [0.25, 0.3) is 0 Å². The molecule has 2 amide bonds. The van der Waals surface area contributed by atoms with Crippen molar-refractivity contribution in [1.29, 1.82) is 0 Å². The second kappa shape index (κ2) is 4.98. The first-order valence-corrected chi connectivity index (χ1v) is 7.52. The summed E-state index contributed by atoms with van der Waals surface area (Å²) in [5.74, 6) is 0.140. The van der Waals surface area contributed by atoms with Gasteiger partial charge in [0.05, 0.1) is 6.04 Å². The van der Waals surface area contributed by atoms with Gasteiger partial charge in [-0.25, -0.2) is 4.79 Å². The molecule has 22 heavy (non-hydrogen) atoms. The predicted octanol–water partition coefficient (Wildman–Crippen LogP) is 3.40. The van der Waals surface area contributed by atoms with Crippen LogP contribution in [0.1, 0.15) is 33.9 Å². The van der Waals surface area contributed by atoms with Gasteiger partial charge in [0, 0.05) is 24.2 Å². The average molecular weight is 292 g/mol. The highest BCUT2D eigenvalue weighted by Crippen LogP contribution is 2.41. The van der Waals surface area contributed by atoms with E-state index in [1.54, 1.807) is 4.90 Å². The second-order valence-electron chi connectivity index (χ2n) is 5.76. The molecule has 2 aromatic carbocycles. The van der Waals surface area contributed by atoms with E-state index in [-0.39, 0.29) is 17.9 Å². The van der Waals surface area contributed by atoms with Crippen LogP contribution >= 0.6 is 0 Å². The summed E-state index contributed by atoms with van der Waals surface area (Å²) in [6, 6.07) is 15.0. The fraction of sp³-hybridized carbons (Fsp3) is 0.222. The number of para-hydroxylation sites is 1. The Hall–Kier alpha value is -2.62. The number of carbonyl (C=O) groups excluding carboxylic acids is 2. The fourth-order valence-corrected chi connectivity index (χ4v) is 3.48. The first-order valence-electron chi connectivity index (χ1n) is 7.52. The molecule has 1 N–H and O–H groups in total. The highest BCUT2D eigenvalue weighted by atomic mass is 16.2. The van der Waals surface area contributed by atoms with E-state index in [2.05, 4.69) is 11.4 Å². The van der Waals surface area contributed by atoms with Gasteiger partial charge in [-0.15, -0.1) is 0 Å². The minimum absolute atomic E-state index is 0.115. The molecule has 0 bridgehead atoms. The van der Waals surface area contributed by atoms with E-state index in [0.717, 1.165) is 23.2 Å². The Kier molecular flexibility index (Phi) is 2.96. The van der Waals surface area contributed by atoms with Crippen molar-refractivity contribution < 1.29 is 9.59 Å². The molecule has 4 rings (SSSR count). The molecule has 1 heterocycles. The third-order valence-corrected chi connectivity index (χ3v) is 4.49. The SMILES string of the molecule is O=C1CC2c3c(cccc31)CCN2C(=O)Nc1ccccc1. The maximum atomic E-state index is 12.6. The molecule has 0 saturated carbocycles. The summed E-state index contributed by atoms with van der Waals surface area (Å²) in [5.41, 5.74) is 3.83. The minimum Gasteiger partial charge on any atom is -0.317 e. The van der Waals surface area contributed by atoms with Crippen LogP contribution in [0.3, 0.4) is 0 Å². The average Bonchev–Trinajstić information content (AvgIpc) is 2.87. The second-order valence-corrected chi connectivity index (χ2v) is 5.76. The van der Waals surface area contributed by atoms with Gasteiger partial charge >= 0.3 is 6.03 Å². The standard InChI is InChI=1S/C18H16N2O2/c21-16-11-15-17-12(5-4-8-14(16)17)9-10-20(15)18(22)19-13-6-2-1-3-7-13/h1-8,15H,9-11H2,(H,19,22). The van der Waals surface area contributed by atoms with Gasteiger partial charge in [-0.3, -0.25) is 4.79 Å². The number of carbonyl (C=O) groups is 2. The number of benzene rings is 2. The molecule has 1 aliphatic heterocycles. The lowest BCUT2D eigenvalue weighted by atomic mass is 9.94. The van der Waals surface area contributed by atoms with Crippen molar-refractivity contribution in [3.63, 3.8) is 0 Å². The largest absolute Gasteiger partial charge is 0.322 e. The van der Waals surface area contributed by atoms with Gasteiger partial charge < -0.3 is 10.2 Å². The molecule has 4 heteroatoms. The van der Waals surface area contributed by atoms with Gasteiger partial charge in [0.2, 0.25) is 0 Å². The van der Waals surface area contributed by atoms with Gasteiger partial charge in [-0.1, -0.05) is 36.4 Å². The number of nitrogens with zero attached hydrogens (tertiary/aromatic N) is 1. The van der Waals surface area contributed by atoms with Crippen molar-refractivity contribution >= 4 is 17.5 Å². The highest BCUT2D eigenvalue weighted by Gasteiger charge is 2.39. The molecule has 0 saturated heterocycles. The van der Waals surface area contributed by atoms with Crippen LogP contribution in [0, 0.1) is 0 Å². The van der Waals surface area contributed by atoms with Crippen LogP contribution < -0.4 is 5.32 Å². The normalized spacial score (nSPS) is 19.0. The van der Waals surface area contributed by atoms with Crippen molar-refractivity contribution in [3.8, 4) is 0 Å². The molecule has 2 aliphatic rings. The lowest BCUT2D eigenvalue weighted by molar-refractivity contribution is 0.0966. The van der Waals surface area contributed by atoms with Crippen LogP contribution in [-0.4, -0.2) is 23.3 Å². The molecule has 4 nitrogen and oxygen atoms in total. The molecule has 110 valence electrons. The number of Topliss-reactive ketones (excluding diaryl/α,β-unsaturated/α-hetero) is 1. The summed E-state index contributed by atoms with van der Waals surface area (Å²) in [4.78, 5) is 26.6. The number of nitrogens with one attached hydrogen (secondary N) is 1. The monoisotopic (exact) mass is 292 g/mol. The Morgan fingerprint density at radius 3 is 2.73 bits per heavy atom. The van der Waals surface area contributed by atoms with E-state index in [1.807, 2.05) is 42.5 Å². The smallest absolute Gasteiger partial charge is 0.317 e. The third kappa shape index (κ3) is 1.99. The maximum absolute atomic E-state index is 12.6. The summed E-state index contributed by atoms with van der Waals surface area (Å²) < 4.78 is 0. The molecule has 1 unspecified atom stereocenters. The first-order chi connectivity index (χ1) is 10.7. The van der Waals surface area contributed by atoms with Gasteiger partial charge in [-0.2, -0.15) is 0 Å². The van der Waals surface area contributed by atoms with Crippen LogP contribution in [0.4, 0.5) is 10.5 Å². The molecule has 0 fully saturated rings. The molecule has 0 spiro atoms. The number of amides is 2. The molecule has 1 aliphatic carbocycles. The summed E-state index contributed by atoms with van der Waals surface area (Å²) >= 11 is 0. The van der Waals surface area contributed by atoms with Crippen LogP contribution in [0.2, 0.25) is 0 Å². The quantitative estimate of drug-likeness (QED) is 0.875. The van der Waals surface area contributed by atoms with Crippen molar-refractivity contribution in [2.45, 2.75) is 18.9 Å². The number of hydrogen-bond donors (Lipinski definition) is 1. The van der Waals surface area contributed by atoms with E-state index < -0.39 is 0 Å². The van der Waals surface area contributed by atoms with Gasteiger partial charge in [0.1, 0.15) is 0 Å². The summed E-state index contributed by atoms with van der Waals surface area (Å²) in [5, 5.41) is 2.92. The number of urea groups is 1. The highest BCUT2D eigenvalue weighted by molar-refractivity contribution is 6.02. The van der Waals surface area contributed by atoms with E-state index >= 15 is 0 Å². The van der Waals surface area contributed by atoms with Crippen molar-refractivity contribution in [2.24, 2.45) is 0 Å². The van der Waals surface area contributed by atoms with Crippen molar-refractivity contribution in [3.05, 3.63) is 65.2 Å². The molecule has 2 aromatic rings. The Balaban J connectivity index is 1.63. The maximum Gasteiger partial charge on any atom is 0.322 e. The number of anilines is 1. The third-order valence-electron chi connectivity index (χ3n) is 4.49. The molecule has 0 aromatic heterocycles. The fourth-order valence-electron chi connectivity index (χ4n) is 3.48. The van der Waals surface area contributed by atoms with Crippen molar-refractivity contribution in [2.75, 3.05) is 11.9 Å². The Labute approximate surface area is 128 Å². The van der Waals surface area contributed by atoms with Crippen LogP contribution in [0.5, 0.6) is 0 Å². The van der Waals surface area contributed by atoms with E-state index in [4.69, 9.17) is 0 Å². The number of ketones is 1. The summed E-state index contributed by atoms with van der Waals surface area (Å²) in [6.07, 6.45) is 1.20. The van der Waals surface area contributed by atoms with Crippen molar-refractivity contribution in [1.82, 2.24) is 4.90 Å². The first kappa shape index (κ1) is 13.1. The molecular formula is C18H16N2O2. The minimum atomic E-state index is -0.133. The summed E-state index contributed by atoms with van der Waals surface area (Å²) in [7, 11) is 0. The Morgan fingerprint density at radius 2 is 1.91 bits per heavy atom. The Bertz CT molecular complexity index is 755. The van der Waals surface area contributed by atoms with Crippen LogP contribution in [-0.2, 0) is 6.42 Å². The van der Waals surface area contributed by atoms with Crippen LogP contribution in [0.15, 0.2) is 48.5 Å². The number of rotatable bonds is 1. The zero-order chi connectivity index (χ0) is 15.1. The number of hydrogen-bond acceptors (Lipinski definition) is 2. The van der Waals surface area contributed by atoms with E-state index in [0.29, 0.717) is 13.0 Å². The van der Waals surface area contributed by atoms with E-state index in [1.165, 1.54) is 5.56 Å². The zero-order valence-electron chi connectivity index (χ0n) is 12.1. The van der Waals surface area contributed by atoms with Gasteiger partial charge in [0.15, 0.2) is 5.78 Å². The van der Waals surface area contributed by atoms with E-state index in [9.17, 15) is 9.59 Å².